The van der Waals surface area contributed by atoms with Crippen LogP contribution in [0.2, 0.25) is 0 Å². The first-order valence-corrected chi connectivity index (χ1v) is 5.74. The average Bonchev–Trinajstić information content (AvgIpc) is 2.72. The molecule has 0 spiro atoms. The van der Waals surface area contributed by atoms with Crippen LogP contribution in [0, 0.1) is 5.82 Å². The molecule has 4 heteroatoms. The van der Waals surface area contributed by atoms with Gasteiger partial charge < -0.3 is 10.3 Å². The molecular formula is C13H16FN3. The van der Waals surface area contributed by atoms with Crippen LogP contribution in [0.25, 0.3) is 0 Å². The Balaban J connectivity index is 2.25. The molecule has 0 bridgehead atoms. The number of benzene rings is 1. The van der Waals surface area contributed by atoms with E-state index in [1.54, 1.807) is 12.3 Å². The summed E-state index contributed by atoms with van der Waals surface area (Å²) in [6.07, 6.45) is 5.31. The third-order valence-corrected chi connectivity index (χ3v) is 2.72. The van der Waals surface area contributed by atoms with Crippen LogP contribution in [0.3, 0.4) is 0 Å². The Morgan fingerprint density at radius 3 is 3.00 bits per heavy atom. The van der Waals surface area contributed by atoms with E-state index < -0.39 is 0 Å². The monoisotopic (exact) mass is 233 g/mol. The fraction of sp³-hybridized carbons (Fsp3) is 0.308. The maximum atomic E-state index is 13.1. The third-order valence-electron chi connectivity index (χ3n) is 2.72. The second-order valence-corrected chi connectivity index (χ2v) is 4.06. The van der Waals surface area contributed by atoms with Crippen LogP contribution in [0.15, 0.2) is 30.6 Å². The highest BCUT2D eigenvalue weighted by Gasteiger charge is 2.07. The molecule has 1 aromatic carbocycles. The minimum Gasteiger partial charge on any atom is -0.398 e. The van der Waals surface area contributed by atoms with Gasteiger partial charge in [0, 0.05) is 31.0 Å². The molecule has 2 N–H and O–H groups in total. The van der Waals surface area contributed by atoms with Crippen molar-refractivity contribution in [1.82, 2.24) is 9.55 Å². The van der Waals surface area contributed by atoms with Crippen LogP contribution < -0.4 is 5.73 Å². The quantitative estimate of drug-likeness (QED) is 0.825. The highest BCUT2D eigenvalue weighted by molar-refractivity contribution is 5.47. The van der Waals surface area contributed by atoms with Crippen molar-refractivity contribution in [1.29, 1.82) is 0 Å². The number of nitrogens with two attached hydrogens (primary N) is 1. The molecule has 0 aliphatic carbocycles. The van der Waals surface area contributed by atoms with E-state index in [1.165, 1.54) is 12.1 Å². The van der Waals surface area contributed by atoms with Gasteiger partial charge in [-0.1, -0.05) is 6.92 Å². The lowest BCUT2D eigenvalue weighted by molar-refractivity contribution is 0.623. The predicted octanol–water partition coefficient (Wildman–Crippen LogP) is 2.61. The standard InChI is InChI=1S/C13H16FN3/c1-2-6-17-7-5-16-13(17)9-10-8-11(14)3-4-12(10)15/h3-5,7-8H,2,6,9,15H2,1H3. The zero-order valence-corrected chi connectivity index (χ0v) is 9.86. The number of hydrogen-bond donors (Lipinski definition) is 1. The molecular weight excluding hydrogens is 217 g/mol. The topological polar surface area (TPSA) is 43.8 Å². The zero-order valence-electron chi connectivity index (χ0n) is 9.86. The van der Waals surface area contributed by atoms with Crippen molar-refractivity contribution < 1.29 is 4.39 Å². The van der Waals surface area contributed by atoms with Crippen LogP contribution in [-0.4, -0.2) is 9.55 Å². The van der Waals surface area contributed by atoms with Crippen LogP contribution in [0.5, 0.6) is 0 Å². The number of rotatable bonds is 4. The van der Waals surface area contributed by atoms with E-state index in [4.69, 9.17) is 5.73 Å². The Hall–Kier alpha value is -1.84. The number of halogens is 1. The molecule has 0 saturated carbocycles. The largest absolute Gasteiger partial charge is 0.398 e. The van der Waals surface area contributed by atoms with Gasteiger partial charge >= 0.3 is 0 Å². The molecule has 0 aliphatic rings. The van der Waals surface area contributed by atoms with E-state index in [0.29, 0.717) is 12.1 Å². The van der Waals surface area contributed by atoms with Gasteiger partial charge in [0.05, 0.1) is 0 Å². The number of anilines is 1. The molecule has 0 aliphatic heterocycles. The van der Waals surface area contributed by atoms with E-state index in [9.17, 15) is 4.39 Å². The second-order valence-electron chi connectivity index (χ2n) is 4.06. The minimum atomic E-state index is -0.261. The third kappa shape index (κ3) is 2.64. The van der Waals surface area contributed by atoms with Gasteiger partial charge in [-0.3, -0.25) is 0 Å². The molecule has 0 unspecified atom stereocenters. The first-order chi connectivity index (χ1) is 8.20. The summed E-state index contributed by atoms with van der Waals surface area (Å²) in [5.74, 6) is 0.659. The molecule has 1 aromatic heterocycles. The van der Waals surface area contributed by atoms with Crippen molar-refractivity contribution in [3.05, 3.63) is 47.8 Å². The second kappa shape index (κ2) is 4.99. The summed E-state index contributed by atoms with van der Waals surface area (Å²) in [5.41, 5.74) is 7.22. The van der Waals surface area contributed by atoms with Gasteiger partial charge in [0.25, 0.3) is 0 Å². The Morgan fingerprint density at radius 2 is 2.24 bits per heavy atom. The van der Waals surface area contributed by atoms with Crippen LogP contribution in [0.1, 0.15) is 24.7 Å². The van der Waals surface area contributed by atoms with Crippen molar-refractivity contribution in [2.45, 2.75) is 26.3 Å². The molecule has 90 valence electrons. The van der Waals surface area contributed by atoms with Crippen LogP contribution in [0.4, 0.5) is 10.1 Å². The molecule has 2 rings (SSSR count). The molecule has 0 fully saturated rings. The number of nitrogens with zero attached hydrogens (tertiary/aromatic N) is 2. The molecule has 3 nitrogen and oxygen atoms in total. The summed E-state index contributed by atoms with van der Waals surface area (Å²) in [5, 5.41) is 0. The molecule has 0 atom stereocenters. The Labute approximate surface area is 100 Å². The fourth-order valence-electron chi connectivity index (χ4n) is 1.85. The summed E-state index contributed by atoms with van der Waals surface area (Å²) >= 11 is 0. The van der Waals surface area contributed by atoms with Crippen molar-refractivity contribution in [2.75, 3.05) is 5.73 Å². The van der Waals surface area contributed by atoms with Gasteiger partial charge in [-0.2, -0.15) is 0 Å². The van der Waals surface area contributed by atoms with Crippen LogP contribution in [-0.2, 0) is 13.0 Å². The van der Waals surface area contributed by atoms with Gasteiger partial charge in [0.1, 0.15) is 11.6 Å². The van der Waals surface area contributed by atoms with Crippen molar-refractivity contribution in [3.8, 4) is 0 Å². The maximum Gasteiger partial charge on any atom is 0.123 e. The number of aromatic nitrogens is 2. The van der Waals surface area contributed by atoms with Crippen molar-refractivity contribution in [3.63, 3.8) is 0 Å². The fourth-order valence-corrected chi connectivity index (χ4v) is 1.85. The summed E-state index contributed by atoms with van der Waals surface area (Å²) in [4.78, 5) is 4.29. The normalized spacial score (nSPS) is 10.7. The van der Waals surface area contributed by atoms with Crippen molar-refractivity contribution >= 4 is 5.69 Å². The van der Waals surface area contributed by atoms with Gasteiger partial charge in [0.2, 0.25) is 0 Å². The Bertz CT molecular complexity index is 505. The minimum absolute atomic E-state index is 0.261. The number of hydrogen-bond acceptors (Lipinski definition) is 2. The van der Waals surface area contributed by atoms with E-state index in [2.05, 4.69) is 16.5 Å². The van der Waals surface area contributed by atoms with Gasteiger partial charge in [0.15, 0.2) is 0 Å². The highest BCUT2D eigenvalue weighted by atomic mass is 19.1. The van der Waals surface area contributed by atoms with E-state index in [1.807, 2.05) is 6.20 Å². The Kier molecular flexibility index (Phi) is 3.42. The summed E-state index contributed by atoms with van der Waals surface area (Å²) in [6.45, 7) is 3.03. The zero-order chi connectivity index (χ0) is 12.3. The predicted molar refractivity (Wildman–Crippen MR) is 66.1 cm³/mol. The lowest BCUT2D eigenvalue weighted by atomic mass is 10.1. The number of nitrogen functional groups attached to an aromatic ring is 1. The first-order valence-electron chi connectivity index (χ1n) is 5.74. The summed E-state index contributed by atoms with van der Waals surface area (Å²) < 4.78 is 15.2. The van der Waals surface area contributed by atoms with E-state index in [0.717, 1.165) is 24.4 Å². The Morgan fingerprint density at radius 1 is 1.41 bits per heavy atom. The molecule has 0 amide bonds. The van der Waals surface area contributed by atoms with Crippen molar-refractivity contribution in [2.24, 2.45) is 0 Å². The SMILES string of the molecule is CCCn1ccnc1Cc1cc(F)ccc1N. The molecule has 0 saturated heterocycles. The highest BCUT2D eigenvalue weighted by Crippen LogP contribution is 2.17. The smallest absolute Gasteiger partial charge is 0.123 e. The van der Waals surface area contributed by atoms with Gasteiger partial charge in [-0.15, -0.1) is 0 Å². The van der Waals surface area contributed by atoms with E-state index >= 15 is 0 Å². The van der Waals surface area contributed by atoms with E-state index in [-0.39, 0.29) is 5.82 Å². The lowest BCUT2D eigenvalue weighted by Gasteiger charge is -2.08. The molecule has 17 heavy (non-hydrogen) atoms. The van der Waals surface area contributed by atoms with Crippen LogP contribution >= 0.6 is 0 Å². The molecule has 0 radical (unpaired) electrons. The van der Waals surface area contributed by atoms with Gasteiger partial charge in [-0.25, -0.2) is 9.37 Å². The number of aryl methyl sites for hydroxylation is 1. The van der Waals surface area contributed by atoms with Gasteiger partial charge in [-0.05, 0) is 30.2 Å². The number of imidazole rings is 1. The summed E-state index contributed by atoms with van der Waals surface area (Å²) in [6, 6.07) is 4.44. The maximum absolute atomic E-state index is 13.1. The summed E-state index contributed by atoms with van der Waals surface area (Å²) in [7, 11) is 0. The molecule has 2 aromatic rings. The lowest BCUT2D eigenvalue weighted by Crippen LogP contribution is -2.05. The molecule has 1 heterocycles. The average molecular weight is 233 g/mol. The first kappa shape index (κ1) is 11.6.